The highest BCUT2D eigenvalue weighted by molar-refractivity contribution is 6.35. The van der Waals surface area contributed by atoms with Crippen molar-refractivity contribution in [1.82, 2.24) is 4.98 Å². The van der Waals surface area contributed by atoms with E-state index >= 15 is 0 Å². The van der Waals surface area contributed by atoms with Crippen molar-refractivity contribution < 1.29 is 4.79 Å². The first-order valence-corrected chi connectivity index (χ1v) is 8.11. The van der Waals surface area contributed by atoms with E-state index < -0.39 is 0 Å². The van der Waals surface area contributed by atoms with Gasteiger partial charge in [0.2, 0.25) is 0 Å². The molecule has 24 heavy (non-hydrogen) atoms. The Morgan fingerprint density at radius 1 is 0.917 bits per heavy atom. The highest BCUT2D eigenvalue weighted by Gasteiger charge is 2.19. The fourth-order valence-corrected chi connectivity index (χ4v) is 2.91. The second-order valence-corrected chi connectivity index (χ2v) is 6.11. The van der Waals surface area contributed by atoms with Gasteiger partial charge in [-0.2, -0.15) is 0 Å². The van der Waals surface area contributed by atoms with E-state index in [2.05, 4.69) is 4.98 Å². The number of rotatable bonds is 4. The van der Waals surface area contributed by atoms with Crippen LogP contribution in [0.1, 0.15) is 15.9 Å². The number of pyridine rings is 1. The summed E-state index contributed by atoms with van der Waals surface area (Å²) in [6.07, 6.45) is 3.19. The molecule has 0 aliphatic rings. The first kappa shape index (κ1) is 16.5. The molecule has 0 saturated carbocycles. The molecule has 0 unspecified atom stereocenters. The Morgan fingerprint density at radius 3 is 2.17 bits per heavy atom. The van der Waals surface area contributed by atoms with Crippen molar-refractivity contribution in [1.29, 1.82) is 0 Å². The second-order valence-electron chi connectivity index (χ2n) is 5.24. The van der Waals surface area contributed by atoms with Crippen molar-refractivity contribution >= 4 is 34.8 Å². The molecule has 0 saturated heterocycles. The average Bonchev–Trinajstić information content (AvgIpc) is 2.60. The van der Waals surface area contributed by atoms with Gasteiger partial charge in [0.25, 0.3) is 5.91 Å². The molecule has 120 valence electrons. The zero-order valence-electron chi connectivity index (χ0n) is 12.7. The van der Waals surface area contributed by atoms with E-state index in [1.54, 1.807) is 47.6 Å². The van der Waals surface area contributed by atoms with Gasteiger partial charge in [0.15, 0.2) is 0 Å². The minimum Gasteiger partial charge on any atom is -0.304 e. The molecular weight excluding hydrogens is 343 g/mol. The van der Waals surface area contributed by atoms with Crippen molar-refractivity contribution in [3.8, 4) is 0 Å². The van der Waals surface area contributed by atoms with E-state index in [9.17, 15) is 4.79 Å². The number of hydrogen-bond acceptors (Lipinski definition) is 2. The molecule has 0 aliphatic heterocycles. The molecule has 3 nitrogen and oxygen atoms in total. The third kappa shape index (κ3) is 3.94. The number of halogens is 2. The Balaban J connectivity index is 2.01. The van der Waals surface area contributed by atoms with Crippen LogP contribution in [0.15, 0.2) is 73.1 Å². The Hall–Kier alpha value is -2.36. The predicted octanol–water partition coefficient (Wildman–Crippen LogP) is 5.24. The van der Waals surface area contributed by atoms with Crippen LogP contribution in [0.5, 0.6) is 0 Å². The second kappa shape index (κ2) is 7.47. The van der Waals surface area contributed by atoms with Crippen molar-refractivity contribution in [3.63, 3.8) is 0 Å². The minimum atomic E-state index is -0.139. The van der Waals surface area contributed by atoms with Gasteiger partial charge in [0.05, 0.1) is 6.54 Å². The first-order valence-electron chi connectivity index (χ1n) is 7.35. The van der Waals surface area contributed by atoms with Crippen LogP contribution in [0.25, 0.3) is 0 Å². The number of carbonyl (C=O) groups is 1. The zero-order valence-corrected chi connectivity index (χ0v) is 14.2. The standard InChI is InChI=1S/C19H14Cl2N2O/c20-16-10-17(21)12-18(11-16)23(13-14-4-2-1-3-5-14)19(24)15-6-8-22-9-7-15/h1-12H,13H2. The zero-order chi connectivity index (χ0) is 16.9. The summed E-state index contributed by atoms with van der Waals surface area (Å²) in [7, 11) is 0. The lowest BCUT2D eigenvalue weighted by Gasteiger charge is -2.23. The minimum absolute atomic E-state index is 0.139. The maximum Gasteiger partial charge on any atom is 0.258 e. The molecule has 1 aromatic heterocycles. The Bertz CT molecular complexity index is 818. The number of aromatic nitrogens is 1. The van der Waals surface area contributed by atoms with Gasteiger partial charge in [-0.05, 0) is 35.9 Å². The van der Waals surface area contributed by atoms with Crippen LogP contribution in [0, 0.1) is 0 Å². The number of amides is 1. The maximum absolute atomic E-state index is 13.0. The van der Waals surface area contributed by atoms with Gasteiger partial charge in [0.1, 0.15) is 0 Å². The largest absolute Gasteiger partial charge is 0.304 e. The van der Waals surface area contributed by atoms with E-state index in [1.807, 2.05) is 30.3 Å². The third-order valence-corrected chi connectivity index (χ3v) is 3.95. The molecule has 5 heteroatoms. The van der Waals surface area contributed by atoms with Crippen LogP contribution in [-0.2, 0) is 6.54 Å². The Morgan fingerprint density at radius 2 is 1.54 bits per heavy atom. The molecule has 0 bridgehead atoms. The number of nitrogens with zero attached hydrogens (tertiary/aromatic N) is 2. The summed E-state index contributed by atoms with van der Waals surface area (Å²) in [5.74, 6) is -0.139. The van der Waals surface area contributed by atoms with Crippen molar-refractivity contribution in [2.45, 2.75) is 6.54 Å². The fourth-order valence-electron chi connectivity index (χ4n) is 2.39. The number of benzene rings is 2. The van der Waals surface area contributed by atoms with E-state index in [0.29, 0.717) is 27.8 Å². The van der Waals surface area contributed by atoms with Gasteiger partial charge >= 0.3 is 0 Å². The van der Waals surface area contributed by atoms with Gasteiger partial charge in [-0.25, -0.2) is 0 Å². The van der Waals surface area contributed by atoms with Crippen molar-refractivity contribution in [2.24, 2.45) is 0 Å². The molecule has 0 fully saturated rings. The fraction of sp³-hybridized carbons (Fsp3) is 0.0526. The van der Waals surface area contributed by atoms with E-state index in [-0.39, 0.29) is 5.91 Å². The molecule has 0 spiro atoms. The molecule has 2 aromatic carbocycles. The molecule has 3 aromatic rings. The summed E-state index contributed by atoms with van der Waals surface area (Å²) in [5.41, 5.74) is 2.21. The van der Waals surface area contributed by atoms with Crippen LogP contribution < -0.4 is 4.90 Å². The van der Waals surface area contributed by atoms with Crippen LogP contribution in [-0.4, -0.2) is 10.9 Å². The highest BCUT2D eigenvalue weighted by Crippen LogP contribution is 2.28. The molecular formula is C19H14Cl2N2O. The number of hydrogen-bond donors (Lipinski definition) is 0. The summed E-state index contributed by atoms with van der Waals surface area (Å²) >= 11 is 12.2. The lowest BCUT2D eigenvalue weighted by molar-refractivity contribution is 0.0985. The smallest absolute Gasteiger partial charge is 0.258 e. The van der Waals surface area contributed by atoms with Crippen LogP contribution >= 0.6 is 23.2 Å². The van der Waals surface area contributed by atoms with Crippen LogP contribution in [0.3, 0.4) is 0 Å². The highest BCUT2D eigenvalue weighted by atomic mass is 35.5. The molecule has 0 aliphatic carbocycles. The topological polar surface area (TPSA) is 33.2 Å². The summed E-state index contributed by atoms with van der Waals surface area (Å²) in [6.45, 7) is 0.415. The predicted molar refractivity (Wildman–Crippen MR) is 97.7 cm³/mol. The van der Waals surface area contributed by atoms with Gasteiger partial charge in [-0.15, -0.1) is 0 Å². The maximum atomic E-state index is 13.0. The van der Waals surface area contributed by atoms with E-state index in [1.165, 1.54) is 0 Å². The normalized spacial score (nSPS) is 10.4. The summed E-state index contributed by atoms with van der Waals surface area (Å²) in [6, 6.07) is 18.2. The molecule has 1 amide bonds. The monoisotopic (exact) mass is 356 g/mol. The average molecular weight is 357 g/mol. The van der Waals surface area contributed by atoms with Gasteiger partial charge in [-0.3, -0.25) is 9.78 Å². The summed E-state index contributed by atoms with van der Waals surface area (Å²) in [4.78, 5) is 18.6. The molecule has 0 N–H and O–H groups in total. The SMILES string of the molecule is O=C(c1ccncc1)N(Cc1ccccc1)c1cc(Cl)cc(Cl)c1. The number of carbonyl (C=O) groups excluding carboxylic acids is 1. The van der Waals surface area contributed by atoms with Gasteiger partial charge in [-0.1, -0.05) is 53.5 Å². The summed E-state index contributed by atoms with van der Waals surface area (Å²) < 4.78 is 0. The molecule has 3 rings (SSSR count). The first-order chi connectivity index (χ1) is 11.6. The van der Waals surface area contributed by atoms with Crippen molar-refractivity contribution in [2.75, 3.05) is 4.90 Å². The molecule has 1 heterocycles. The van der Waals surface area contributed by atoms with Gasteiger partial charge in [0, 0.05) is 33.7 Å². The van der Waals surface area contributed by atoms with Gasteiger partial charge < -0.3 is 4.90 Å². The number of anilines is 1. The Kier molecular flexibility index (Phi) is 5.14. The molecule has 0 radical (unpaired) electrons. The van der Waals surface area contributed by atoms with Crippen LogP contribution in [0.4, 0.5) is 5.69 Å². The van der Waals surface area contributed by atoms with E-state index in [4.69, 9.17) is 23.2 Å². The van der Waals surface area contributed by atoms with Crippen LogP contribution in [0.2, 0.25) is 10.0 Å². The summed E-state index contributed by atoms with van der Waals surface area (Å²) in [5, 5.41) is 0.969. The Labute approximate surface area is 150 Å². The van der Waals surface area contributed by atoms with E-state index in [0.717, 1.165) is 5.56 Å². The van der Waals surface area contributed by atoms with Crippen molar-refractivity contribution in [3.05, 3.63) is 94.2 Å². The third-order valence-electron chi connectivity index (χ3n) is 3.51. The lowest BCUT2D eigenvalue weighted by atomic mass is 10.1. The molecule has 0 atom stereocenters. The lowest BCUT2D eigenvalue weighted by Crippen LogP contribution is -2.30. The quantitative estimate of drug-likeness (QED) is 0.640.